The molecule has 3 rings (SSSR count). The molecule has 26 heavy (non-hydrogen) atoms. The van der Waals surface area contributed by atoms with Crippen molar-refractivity contribution in [3.05, 3.63) is 65.5 Å². The molecule has 2 aromatic heterocycles. The highest BCUT2D eigenvalue weighted by molar-refractivity contribution is 5.88. The van der Waals surface area contributed by atoms with Gasteiger partial charge in [0.2, 0.25) is 0 Å². The molecule has 0 atom stereocenters. The van der Waals surface area contributed by atoms with Gasteiger partial charge in [0.15, 0.2) is 0 Å². The molecule has 0 N–H and O–H groups in total. The Morgan fingerprint density at radius 3 is 2.50 bits per heavy atom. The van der Waals surface area contributed by atoms with E-state index < -0.39 is 11.7 Å². The normalized spacial score (nSPS) is 11.7. The van der Waals surface area contributed by atoms with Crippen molar-refractivity contribution < 1.29 is 17.9 Å². The molecular formula is C19H18F3N3O. The van der Waals surface area contributed by atoms with Crippen LogP contribution >= 0.6 is 0 Å². The van der Waals surface area contributed by atoms with E-state index in [1.54, 1.807) is 12.3 Å². The number of fused-ring (bicyclic) bond motifs is 1. The van der Waals surface area contributed by atoms with Gasteiger partial charge in [-0.3, -0.25) is 0 Å². The Balaban J connectivity index is 1.89. The van der Waals surface area contributed by atoms with E-state index in [0.717, 1.165) is 34.3 Å². The van der Waals surface area contributed by atoms with Crippen molar-refractivity contribution in [2.24, 2.45) is 0 Å². The predicted octanol–water partition coefficient (Wildman–Crippen LogP) is 4.83. The van der Waals surface area contributed by atoms with Crippen LogP contribution in [0.4, 0.5) is 13.2 Å². The van der Waals surface area contributed by atoms with E-state index in [2.05, 4.69) is 16.8 Å². The van der Waals surface area contributed by atoms with Gasteiger partial charge in [-0.05, 0) is 37.1 Å². The van der Waals surface area contributed by atoms with Crippen LogP contribution in [0.3, 0.4) is 0 Å². The molecule has 0 fully saturated rings. The SMILES string of the molecule is C=CCn1c(C)c(C)c2cnnc(OCc3ccc(C(F)(F)F)cc3)c21. The molecule has 3 aromatic rings. The molecule has 0 aliphatic rings. The van der Waals surface area contributed by atoms with E-state index in [4.69, 9.17) is 4.74 Å². The molecule has 0 saturated carbocycles. The summed E-state index contributed by atoms with van der Waals surface area (Å²) in [4.78, 5) is 0. The van der Waals surface area contributed by atoms with Crippen molar-refractivity contribution >= 4 is 10.9 Å². The summed E-state index contributed by atoms with van der Waals surface area (Å²) in [5.74, 6) is 0.348. The van der Waals surface area contributed by atoms with Crippen LogP contribution in [0.1, 0.15) is 22.4 Å². The van der Waals surface area contributed by atoms with Crippen LogP contribution in [0.2, 0.25) is 0 Å². The van der Waals surface area contributed by atoms with Crippen LogP contribution in [0, 0.1) is 13.8 Å². The van der Waals surface area contributed by atoms with Gasteiger partial charge in [0.1, 0.15) is 12.1 Å². The third kappa shape index (κ3) is 3.29. The Morgan fingerprint density at radius 2 is 1.88 bits per heavy atom. The number of alkyl halides is 3. The molecule has 0 aliphatic heterocycles. The number of halogens is 3. The van der Waals surface area contributed by atoms with E-state index in [1.165, 1.54) is 12.1 Å². The number of ether oxygens (including phenoxy) is 1. The zero-order chi connectivity index (χ0) is 18.9. The summed E-state index contributed by atoms with van der Waals surface area (Å²) in [7, 11) is 0. The fourth-order valence-corrected chi connectivity index (χ4v) is 2.86. The third-order valence-electron chi connectivity index (χ3n) is 4.38. The van der Waals surface area contributed by atoms with Gasteiger partial charge in [-0.2, -0.15) is 18.3 Å². The fraction of sp³-hybridized carbons (Fsp3) is 0.263. The molecule has 4 nitrogen and oxygen atoms in total. The molecule has 0 amide bonds. The number of allylic oxidation sites excluding steroid dienone is 1. The molecule has 0 spiro atoms. The maximum atomic E-state index is 12.6. The molecule has 0 saturated heterocycles. The van der Waals surface area contributed by atoms with Crippen molar-refractivity contribution in [1.29, 1.82) is 0 Å². The maximum Gasteiger partial charge on any atom is 0.416 e. The molecule has 7 heteroatoms. The molecule has 0 radical (unpaired) electrons. The second-order valence-corrected chi connectivity index (χ2v) is 6.01. The van der Waals surface area contributed by atoms with Crippen LogP contribution in [0.25, 0.3) is 10.9 Å². The van der Waals surface area contributed by atoms with Crippen molar-refractivity contribution in [2.45, 2.75) is 33.2 Å². The first-order chi connectivity index (χ1) is 12.3. The number of rotatable bonds is 5. The van der Waals surface area contributed by atoms with Gasteiger partial charge in [0, 0.05) is 17.6 Å². The lowest BCUT2D eigenvalue weighted by Gasteiger charge is -2.11. The van der Waals surface area contributed by atoms with E-state index in [9.17, 15) is 13.2 Å². The summed E-state index contributed by atoms with van der Waals surface area (Å²) in [5, 5.41) is 8.98. The summed E-state index contributed by atoms with van der Waals surface area (Å²) >= 11 is 0. The number of hydrogen-bond donors (Lipinski definition) is 0. The fourth-order valence-electron chi connectivity index (χ4n) is 2.86. The van der Waals surface area contributed by atoms with Gasteiger partial charge < -0.3 is 9.30 Å². The monoisotopic (exact) mass is 361 g/mol. The highest BCUT2D eigenvalue weighted by atomic mass is 19.4. The minimum absolute atomic E-state index is 0.100. The largest absolute Gasteiger partial charge is 0.470 e. The summed E-state index contributed by atoms with van der Waals surface area (Å²) < 4.78 is 45.7. The van der Waals surface area contributed by atoms with Crippen LogP contribution in [-0.2, 0) is 19.3 Å². The Labute approximate surface area is 148 Å². The van der Waals surface area contributed by atoms with Crippen molar-refractivity contribution in [3.63, 3.8) is 0 Å². The summed E-state index contributed by atoms with van der Waals surface area (Å²) in [6.45, 7) is 8.47. The van der Waals surface area contributed by atoms with Gasteiger partial charge >= 0.3 is 6.18 Å². The van der Waals surface area contributed by atoms with Gasteiger partial charge in [-0.1, -0.05) is 18.2 Å². The van der Waals surface area contributed by atoms with E-state index in [0.29, 0.717) is 18.0 Å². The second kappa shape index (κ2) is 6.82. The molecule has 2 heterocycles. The first kappa shape index (κ1) is 18.0. The molecule has 0 bridgehead atoms. The van der Waals surface area contributed by atoms with Crippen LogP contribution in [0.5, 0.6) is 5.88 Å². The average molecular weight is 361 g/mol. The van der Waals surface area contributed by atoms with Gasteiger partial charge in [-0.15, -0.1) is 11.7 Å². The number of hydrogen-bond acceptors (Lipinski definition) is 3. The minimum Gasteiger partial charge on any atom is -0.470 e. The standard InChI is InChI=1S/C19H18F3N3O/c1-4-9-25-13(3)12(2)16-10-23-24-18(17(16)25)26-11-14-5-7-15(8-6-14)19(20,21)22/h4-8,10H,1,9,11H2,2-3H3. The van der Waals surface area contributed by atoms with Gasteiger partial charge in [0.25, 0.3) is 5.88 Å². The zero-order valence-corrected chi connectivity index (χ0v) is 14.5. The molecule has 0 aliphatic carbocycles. The predicted molar refractivity (Wildman–Crippen MR) is 93.0 cm³/mol. The smallest absolute Gasteiger partial charge is 0.416 e. The number of aryl methyl sites for hydroxylation is 1. The maximum absolute atomic E-state index is 12.6. The lowest BCUT2D eigenvalue weighted by atomic mass is 10.1. The molecular weight excluding hydrogens is 343 g/mol. The minimum atomic E-state index is -4.35. The van der Waals surface area contributed by atoms with E-state index in [1.807, 2.05) is 18.4 Å². The zero-order valence-electron chi connectivity index (χ0n) is 14.5. The first-order valence-corrected chi connectivity index (χ1v) is 8.04. The van der Waals surface area contributed by atoms with Gasteiger partial charge in [-0.25, -0.2) is 0 Å². The lowest BCUT2D eigenvalue weighted by Crippen LogP contribution is -2.06. The molecule has 0 unspecified atom stereocenters. The Kier molecular flexibility index (Phi) is 4.71. The first-order valence-electron chi connectivity index (χ1n) is 8.04. The second-order valence-electron chi connectivity index (χ2n) is 6.01. The number of nitrogens with zero attached hydrogens (tertiary/aromatic N) is 3. The quantitative estimate of drug-likeness (QED) is 0.611. The molecule has 136 valence electrons. The van der Waals surface area contributed by atoms with Crippen molar-refractivity contribution in [3.8, 4) is 5.88 Å². The number of aromatic nitrogens is 3. The highest BCUT2D eigenvalue weighted by Crippen LogP contribution is 2.31. The Bertz CT molecular complexity index is 943. The lowest BCUT2D eigenvalue weighted by molar-refractivity contribution is -0.137. The van der Waals surface area contributed by atoms with Crippen LogP contribution in [0.15, 0.2) is 43.1 Å². The Morgan fingerprint density at radius 1 is 1.19 bits per heavy atom. The molecule has 1 aromatic carbocycles. The highest BCUT2D eigenvalue weighted by Gasteiger charge is 2.29. The van der Waals surface area contributed by atoms with E-state index in [-0.39, 0.29) is 6.61 Å². The van der Waals surface area contributed by atoms with Crippen LogP contribution < -0.4 is 4.74 Å². The summed E-state index contributed by atoms with van der Waals surface area (Å²) in [6.07, 6.45) is -0.884. The Hall–Kier alpha value is -2.83. The average Bonchev–Trinajstić information content (AvgIpc) is 2.85. The van der Waals surface area contributed by atoms with E-state index >= 15 is 0 Å². The topological polar surface area (TPSA) is 39.9 Å². The van der Waals surface area contributed by atoms with Gasteiger partial charge in [0.05, 0.1) is 11.8 Å². The van der Waals surface area contributed by atoms with Crippen molar-refractivity contribution in [1.82, 2.24) is 14.8 Å². The summed E-state index contributed by atoms with van der Waals surface area (Å²) in [5.41, 5.74) is 2.88. The third-order valence-corrected chi connectivity index (χ3v) is 4.38. The number of benzene rings is 1. The van der Waals surface area contributed by atoms with Crippen molar-refractivity contribution in [2.75, 3.05) is 0 Å². The summed E-state index contributed by atoms with van der Waals surface area (Å²) in [6, 6.07) is 4.88. The van der Waals surface area contributed by atoms with Crippen LogP contribution in [-0.4, -0.2) is 14.8 Å².